The first kappa shape index (κ1) is 20.1. The molecule has 4 rings (SSSR count). The summed E-state index contributed by atoms with van der Waals surface area (Å²) in [6.45, 7) is 0.739. The van der Waals surface area contributed by atoms with Gasteiger partial charge in [-0.25, -0.2) is 14.2 Å². The molecule has 7 nitrogen and oxygen atoms in total. The van der Waals surface area contributed by atoms with Crippen molar-refractivity contribution in [3.63, 3.8) is 0 Å². The van der Waals surface area contributed by atoms with Crippen LogP contribution in [0.25, 0.3) is 0 Å². The second-order valence-corrected chi connectivity index (χ2v) is 7.63. The first-order valence-corrected chi connectivity index (χ1v) is 10.3. The van der Waals surface area contributed by atoms with Crippen LogP contribution in [0.2, 0.25) is 0 Å². The summed E-state index contributed by atoms with van der Waals surface area (Å²) in [5.41, 5.74) is 0.247. The highest BCUT2D eigenvalue weighted by Crippen LogP contribution is 2.24. The third-order valence-corrected chi connectivity index (χ3v) is 5.54. The van der Waals surface area contributed by atoms with Crippen molar-refractivity contribution in [1.29, 1.82) is 0 Å². The van der Waals surface area contributed by atoms with E-state index in [-0.39, 0.29) is 36.3 Å². The Morgan fingerprint density at radius 2 is 1.87 bits per heavy atom. The monoisotopic (exact) mass is 412 g/mol. The van der Waals surface area contributed by atoms with Crippen LogP contribution in [0.1, 0.15) is 25.7 Å². The molecule has 1 saturated heterocycles. The molecule has 1 aliphatic carbocycles. The normalized spacial score (nSPS) is 21.6. The van der Waals surface area contributed by atoms with Crippen molar-refractivity contribution in [2.24, 2.45) is 0 Å². The third-order valence-electron chi connectivity index (χ3n) is 5.54. The molecule has 1 aliphatic heterocycles. The van der Waals surface area contributed by atoms with Gasteiger partial charge < -0.3 is 15.0 Å². The highest BCUT2D eigenvalue weighted by molar-refractivity contribution is 5.96. The Labute approximate surface area is 174 Å². The highest BCUT2D eigenvalue weighted by Gasteiger charge is 2.33. The lowest BCUT2D eigenvalue weighted by Gasteiger charge is -2.29. The summed E-state index contributed by atoms with van der Waals surface area (Å²) >= 11 is 0. The summed E-state index contributed by atoms with van der Waals surface area (Å²) in [6.07, 6.45) is 5.12. The minimum Gasteiger partial charge on any atom is -0.474 e. The summed E-state index contributed by atoms with van der Waals surface area (Å²) in [7, 11) is 0. The molecule has 8 heteroatoms. The molecule has 1 aromatic carbocycles. The van der Waals surface area contributed by atoms with Crippen molar-refractivity contribution in [3.8, 4) is 5.88 Å². The molecule has 1 aromatic heterocycles. The van der Waals surface area contributed by atoms with E-state index in [2.05, 4.69) is 10.3 Å². The maximum Gasteiger partial charge on any atom is 0.325 e. The summed E-state index contributed by atoms with van der Waals surface area (Å²) in [4.78, 5) is 32.1. The van der Waals surface area contributed by atoms with Crippen LogP contribution in [-0.4, -0.2) is 53.6 Å². The Kier molecular flexibility index (Phi) is 6.11. The number of para-hydroxylation sites is 1. The molecule has 158 valence electrons. The van der Waals surface area contributed by atoms with Gasteiger partial charge in [0.2, 0.25) is 11.8 Å². The Morgan fingerprint density at radius 1 is 1.10 bits per heavy atom. The number of urea groups is 1. The van der Waals surface area contributed by atoms with E-state index in [9.17, 15) is 14.0 Å². The van der Waals surface area contributed by atoms with E-state index in [0.29, 0.717) is 19.0 Å². The zero-order chi connectivity index (χ0) is 20.9. The number of aromatic nitrogens is 1. The van der Waals surface area contributed by atoms with Gasteiger partial charge in [0.05, 0.1) is 5.69 Å². The van der Waals surface area contributed by atoms with Crippen LogP contribution in [0, 0.1) is 5.82 Å². The molecule has 0 radical (unpaired) electrons. The third kappa shape index (κ3) is 4.69. The molecule has 2 aromatic rings. The number of carbonyl (C=O) groups is 2. The molecule has 2 heterocycles. The fraction of sp³-hybridized carbons (Fsp3) is 0.409. The molecule has 0 bridgehead atoms. The van der Waals surface area contributed by atoms with E-state index in [1.54, 1.807) is 24.4 Å². The van der Waals surface area contributed by atoms with Crippen LogP contribution in [0.3, 0.4) is 0 Å². The molecule has 0 atom stereocenters. The molecular weight excluding hydrogens is 387 g/mol. The largest absolute Gasteiger partial charge is 0.474 e. The molecule has 2 fully saturated rings. The van der Waals surface area contributed by atoms with E-state index < -0.39 is 5.82 Å². The quantitative estimate of drug-likeness (QED) is 0.792. The van der Waals surface area contributed by atoms with Crippen molar-refractivity contribution >= 4 is 17.6 Å². The number of carbonyl (C=O) groups excluding carboxylic acids is 2. The van der Waals surface area contributed by atoms with Gasteiger partial charge in [-0.05, 0) is 43.9 Å². The highest BCUT2D eigenvalue weighted by atomic mass is 19.1. The Morgan fingerprint density at radius 3 is 2.60 bits per heavy atom. The minimum absolute atomic E-state index is 0.0197. The van der Waals surface area contributed by atoms with Crippen LogP contribution in [0.4, 0.5) is 14.9 Å². The van der Waals surface area contributed by atoms with Gasteiger partial charge in [-0.15, -0.1) is 0 Å². The lowest BCUT2D eigenvalue weighted by molar-refractivity contribution is -0.122. The molecule has 0 unspecified atom stereocenters. The fourth-order valence-electron chi connectivity index (χ4n) is 3.98. The molecule has 1 N–H and O–H groups in total. The number of amides is 3. The fourth-order valence-corrected chi connectivity index (χ4v) is 3.98. The molecule has 0 spiro atoms. The zero-order valence-corrected chi connectivity index (χ0v) is 16.7. The second-order valence-electron chi connectivity index (χ2n) is 7.63. The van der Waals surface area contributed by atoms with Crippen LogP contribution in [-0.2, 0) is 4.79 Å². The van der Waals surface area contributed by atoms with Gasteiger partial charge in [-0.2, -0.15) is 0 Å². The van der Waals surface area contributed by atoms with Crippen molar-refractivity contribution in [1.82, 2.24) is 15.2 Å². The van der Waals surface area contributed by atoms with Gasteiger partial charge in [-0.3, -0.25) is 9.69 Å². The standard InChI is InChI=1S/C22H25FN4O3/c23-18-5-1-2-6-19(18)27-14-13-26(22(27)29)15-20(28)25-16-8-10-17(11-9-16)30-21-7-3-4-12-24-21/h1-7,12,16-17H,8-11,13-15H2,(H,25,28). The van der Waals surface area contributed by atoms with Crippen LogP contribution in [0.5, 0.6) is 5.88 Å². The number of rotatable bonds is 6. The SMILES string of the molecule is O=C(CN1CCN(c2ccccc2F)C1=O)NC1CCC(Oc2ccccn2)CC1. The van der Waals surface area contributed by atoms with Crippen molar-refractivity contribution in [2.75, 3.05) is 24.5 Å². The number of ether oxygens (including phenoxy) is 1. The average Bonchev–Trinajstić information content (AvgIpc) is 3.10. The van der Waals surface area contributed by atoms with E-state index in [1.165, 1.54) is 15.9 Å². The molecule has 2 aliphatic rings. The number of nitrogens with zero attached hydrogens (tertiary/aromatic N) is 3. The summed E-state index contributed by atoms with van der Waals surface area (Å²) in [5.74, 6) is -0.00778. The number of pyridine rings is 1. The second kappa shape index (κ2) is 9.11. The number of anilines is 1. The summed E-state index contributed by atoms with van der Waals surface area (Å²) < 4.78 is 19.9. The lowest BCUT2D eigenvalue weighted by atomic mass is 9.93. The van der Waals surface area contributed by atoms with Crippen LogP contribution < -0.4 is 15.0 Å². The number of halogens is 1. The predicted octanol–water partition coefficient (Wildman–Crippen LogP) is 2.97. The first-order valence-electron chi connectivity index (χ1n) is 10.3. The van der Waals surface area contributed by atoms with Gasteiger partial charge in [0.25, 0.3) is 0 Å². The van der Waals surface area contributed by atoms with Gasteiger partial charge in [-0.1, -0.05) is 18.2 Å². The van der Waals surface area contributed by atoms with Gasteiger partial charge in [0.1, 0.15) is 18.5 Å². The van der Waals surface area contributed by atoms with Crippen LogP contribution in [0.15, 0.2) is 48.7 Å². The number of nitrogens with one attached hydrogen (secondary N) is 1. The Bertz CT molecular complexity index is 887. The smallest absolute Gasteiger partial charge is 0.325 e. The average molecular weight is 412 g/mol. The van der Waals surface area contributed by atoms with Crippen molar-refractivity contribution < 1.29 is 18.7 Å². The van der Waals surface area contributed by atoms with E-state index in [1.807, 2.05) is 18.2 Å². The first-order chi connectivity index (χ1) is 14.6. The maximum atomic E-state index is 14.0. The van der Waals surface area contributed by atoms with E-state index >= 15 is 0 Å². The van der Waals surface area contributed by atoms with E-state index in [4.69, 9.17) is 4.74 Å². The molecule has 1 saturated carbocycles. The Balaban J connectivity index is 1.23. The summed E-state index contributed by atoms with van der Waals surface area (Å²) in [6, 6.07) is 11.5. The van der Waals surface area contributed by atoms with Gasteiger partial charge >= 0.3 is 6.03 Å². The van der Waals surface area contributed by atoms with Gasteiger partial charge in [0, 0.05) is 31.4 Å². The predicted molar refractivity (Wildman–Crippen MR) is 110 cm³/mol. The number of hydrogen-bond donors (Lipinski definition) is 1. The topological polar surface area (TPSA) is 74.8 Å². The number of benzene rings is 1. The number of hydrogen-bond acceptors (Lipinski definition) is 4. The van der Waals surface area contributed by atoms with E-state index in [0.717, 1.165) is 25.7 Å². The lowest BCUT2D eigenvalue weighted by Crippen LogP contribution is -2.45. The zero-order valence-electron chi connectivity index (χ0n) is 16.7. The van der Waals surface area contributed by atoms with Crippen LogP contribution >= 0.6 is 0 Å². The van der Waals surface area contributed by atoms with Crippen molar-refractivity contribution in [2.45, 2.75) is 37.8 Å². The maximum absolute atomic E-state index is 14.0. The summed E-state index contributed by atoms with van der Waals surface area (Å²) in [5, 5.41) is 3.02. The Hall–Kier alpha value is -3.16. The minimum atomic E-state index is -0.443. The molecule has 3 amide bonds. The molecular formula is C22H25FN4O3. The van der Waals surface area contributed by atoms with Gasteiger partial charge in [0.15, 0.2) is 0 Å². The van der Waals surface area contributed by atoms with Crippen molar-refractivity contribution in [3.05, 3.63) is 54.5 Å². The molecule has 30 heavy (non-hydrogen) atoms.